The van der Waals surface area contributed by atoms with Crippen LogP contribution < -0.4 is 0 Å². The van der Waals surface area contributed by atoms with Crippen molar-refractivity contribution in [2.24, 2.45) is 0 Å². The third kappa shape index (κ3) is 9.01. The fourth-order valence-corrected chi connectivity index (χ4v) is 14.5. The van der Waals surface area contributed by atoms with Gasteiger partial charge in [0.2, 0.25) is 0 Å². The molecule has 0 spiro atoms. The van der Waals surface area contributed by atoms with Gasteiger partial charge in [-0.25, -0.2) is 4.79 Å². The fraction of sp³-hybridized carbons (Fsp3) is 0.800. The van der Waals surface area contributed by atoms with Crippen LogP contribution in [0.25, 0.3) is 0 Å². The molecule has 0 aliphatic rings. The second-order valence-corrected chi connectivity index (χ2v) is 16.3. The zero-order valence-electron chi connectivity index (χ0n) is 13.0. The first-order valence-electron chi connectivity index (χ1n) is 7.07. The molecule has 3 heteroatoms. The summed E-state index contributed by atoms with van der Waals surface area (Å²) in [5, 5.41) is 7.60. The van der Waals surface area contributed by atoms with Gasteiger partial charge in [0.1, 0.15) is 0 Å². The molecule has 0 saturated heterocycles. The molecule has 1 radical (unpaired) electrons. The molecular formula is C15H31O2Sn. The first-order valence-corrected chi connectivity index (χ1v) is 12.0. The van der Waals surface area contributed by atoms with E-state index in [0.717, 1.165) is 17.9 Å². The van der Waals surface area contributed by atoms with Gasteiger partial charge in [-0.05, 0) is 0 Å². The van der Waals surface area contributed by atoms with Gasteiger partial charge in [-0.3, -0.25) is 0 Å². The van der Waals surface area contributed by atoms with E-state index in [9.17, 15) is 4.79 Å². The third-order valence-corrected chi connectivity index (χ3v) is 17.0. The molecule has 0 amide bonds. The van der Waals surface area contributed by atoms with E-state index in [1.54, 1.807) is 0 Å². The summed E-state index contributed by atoms with van der Waals surface area (Å²) in [4.78, 5) is 9.25. The molecule has 0 saturated carbocycles. The molecule has 3 atom stereocenters. The second-order valence-electron chi connectivity index (χ2n) is 4.97. The molecule has 0 bridgehead atoms. The summed E-state index contributed by atoms with van der Waals surface area (Å²) >= 11 is -1.12. The number of carbonyl (C=O) groups is 1. The van der Waals surface area contributed by atoms with E-state index in [1.807, 2.05) is 0 Å². The average molecular weight is 362 g/mol. The Labute approximate surface area is 121 Å². The van der Waals surface area contributed by atoms with Crippen molar-refractivity contribution < 1.29 is 9.90 Å². The van der Waals surface area contributed by atoms with Crippen molar-refractivity contribution in [2.45, 2.75) is 72.6 Å². The van der Waals surface area contributed by atoms with Crippen LogP contribution in [-0.4, -0.2) is 30.8 Å². The minimum atomic E-state index is -1.12. The number of carboxylic acids is 1. The van der Waals surface area contributed by atoms with E-state index < -0.39 is 25.7 Å². The van der Waals surface area contributed by atoms with Gasteiger partial charge in [-0.1, -0.05) is 6.58 Å². The number of rotatable bonds is 7. The molecule has 1 N–H and O–H groups in total. The Morgan fingerprint density at radius 3 is 1.39 bits per heavy atom. The molecule has 0 aliphatic heterocycles. The Hall–Kier alpha value is 0.00870. The van der Waals surface area contributed by atoms with Crippen LogP contribution in [-0.2, 0) is 4.79 Å². The molecule has 0 rings (SSSR count). The summed E-state index contributed by atoms with van der Waals surface area (Å²) in [5.74, 6) is -0.981. The monoisotopic (exact) mass is 363 g/mol. The molecule has 0 aromatic heterocycles. The van der Waals surface area contributed by atoms with Crippen molar-refractivity contribution in [1.82, 2.24) is 0 Å². The standard InChI is InChI=1S/3C4H9.C3H4O2.Sn/c3*1-3-4-2;1-2-3(4)5;/h3*3H,4H2,1-2H3;2H,1H2,(H,4,5);. The molecule has 0 fully saturated rings. The third-order valence-electron chi connectivity index (χ3n) is 3.72. The van der Waals surface area contributed by atoms with Crippen molar-refractivity contribution in [3.8, 4) is 0 Å². The zero-order chi connectivity index (χ0) is 14.7. The van der Waals surface area contributed by atoms with Gasteiger partial charge in [0.25, 0.3) is 0 Å². The Morgan fingerprint density at radius 2 is 1.28 bits per heavy atom. The van der Waals surface area contributed by atoms with E-state index in [4.69, 9.17) is 5.11 Å². The van der Waals surface area contributed by atoms with Crippen molar-refractivity contribution in [1.29, 1.82) is 0 Å². The number of hydrogen-bond donors (Lipinski definition) is 1. The van der Waals surface area contributed by atoms with Crippen LogP contribution in [0.4, 0.5) is 0 Å². The van der Waals surface area contributed by atoms with Crippen molar-refractivity contribution in [3.63, 3.8) is 0 Å². The Kier molecular flexibility index (Phi) is 13.6. The van der Waals surface area contributed by atoms with E-state index in [0.29, 0.717) is 0 Å². The SMILES string of the molecule is C=CC(=O)O.CC[CH](C)[Sn]([CH](C)CC)[CH](C)CC. The van der Waals surface area contributed by atoms with Crippen LogP contribution in [0, 0.1) is 0 Å². The predicted molar refractivity (Wildman–Crippen MR) is 82.7 cm³/mol. The second kappa shape index (κ2) is 12.1. The fourth-order valence-electron chi connectivity index (χ4n) is 2.16. The summed E-state index contributed by atoms with van der Waals surface area (Å²) in [6, 6.07) is 0. The number of hydrogen-bond acceptors (Lipinski definition) is 1. The predicted octanol–water partition coefficient (Wildman–Crippen LogP) is 5.14. The molecule has 3 unspecified atom stereocenters. The summed E-state index contributed by atoms with van der Waals surface area (Å²) in [7, 11) is 0. The normalized spacial score (nSPS) is 15.3. The summed E-state index contributed by atoms with van der Waals surface area (Å²) in [6.07, 6.45) is 5.09. The number of carboxylic acid groups (broad SMARTS) is 1. The summed E-state index contributed by atoms with van der Waals surface area (Å²) < 4.78 is 3.27. The van der Waals surface area contributed by atoms with Gasteiger partial charge in [0.15, 0.2) is 0 Å². The molecule has 18 heavy (non-hydrogen) atoms. The molecule has 0 aromatic rings. The van der Waals surface area contributed by atoms with E-state index in [-0.39, 0.29) is 0 Å². The van der Waals surface area contributed by atoms with Crippen LogP contribution in [0.5, 0.6) is 0 Å². The van der Waals surface area contributed by atoms with Crippen LogP contribution in [0.15, 0.2) is 12.7 Å². The van der Waals surface area contributed by atoms with Crippen LogP contribution in [0.3, 0.4) is 0 Å². The van der Waals surface area contributed by atoms with Gasteiger partial charge in [-0.2, -0.15) is 0 Å². The van der Waals surface area contributed by atoms with Crippen LogP contribution >= 0.6 is 0 Å². The van der Waals surface area contributed by atoms with Gasteiger partial charge in [-0.15, -0.1) is 0 Å². The topological polar surface area (TPSA) is 37.3 Å². The van der Waals surface area contributed by atoms with Gasteiger partial charge >= 0.3 is 98.3 Å². The minimum absolute atomic E-state index is 0.833. The van der Waals surface area contributed by atoms with Crippen molar-refractivity contribution in [2.75, 3.05) is 0 Å². The molecule has 0 aliphatic carbocycles. The van der Waals surface area contributed by atoms with Crippen molar-refractivity contribution in [3.05, 3.63) is 12.7 Å². The van der Waals surface area contributed by atoms with E-state index in [2.05, 4.69) is 48.1 Å². The van der Waals surface area contributed by atoms with Gasteiger partial charge in [0.05, 0.1) is 0 Å². The molecule has 2 nitrogen and oxygen atoms in total. The molecule has 0 heterocycles. The van der Waals surface area contributed by atoms with Crippen LogP contribution in [0.1, 0.15) is 60.8 Å². The first-order chi connectivity index (χ1) is 8.35. The molecular weight excluding hydrogens is 331 g/mol. The van der Waals surface area contributed by atoms with E-state index >= 15 is 0 Å². The quantitative estimate of drug-likeness (QED) is 0.503. The summed E-state index contributed by atoms with van der Waals surface area (Å²) in [5.41, 5.74) is 0. The maximum absolute atomic E-state index is 9.25. The first kappa shape index (κ1) is 20.3. The average Bonchev–Trinajstić information content (AvgIpc) is 2.38. The van der Waals surface area contributed by atoms with Crippen LogP contribution in [0.2, 0.25) is 11.8 Å². The maximum atomic E-state index is 9.25. The van der Waals surface area contributed by atoms with Gasteiger partial charge < -0.3 is 5.11 Å². The molecule has 107 valence electrons. The number of aliphatic carboxylic acids is 1. The summed E-state index contributed by atoms with van der Waals surface area (Å²) in [6.45, 7) is 17.6. The van der Waals surface area contributed by atoms with Crippen molar-refractivity contribution >= 4 is 25.7 Å². The molecule has 0 aromatic carbocycles. The Bertz CT molecular complexity index is 205. The Balaban J connectivity index is 0. The zero-order valence-corrected chi connectivity index (χ0v) is 15.8. The Morgan fingerprint density at radius 1 is 1.06 bits per heavy atom. The van der Waals surface area contributed by atoms with Gasteiger partial charge in [0, 0.05) is 6.08 Å². The van der Waals surface area contributed by atoms with E-state index in [1.165, 1.54) is 19.3 Å².